The van der Waals surface area contributed by atoms with Gasteiger partial charge < -0.3 is 14.6 Å². The number of unbranched alkanes of at least 4 members (excludes halogenated alkanes) is 1. The van der Waals surface area contributed by atoms with Crippen molar-refractivity contribution in [3.63, 3.8) is 0 Å². The van der Waals surface area contributed by atoms with Crippen molar-refractivity contribution in [2.75, 3.05) is 13.2 Å². The maximum atomic E-state index is 9.02. The molecule has 0 aromatic heterocycles. The van der Waals surface area contributed by atoms with Crippen LogP contribution in [0.3, 0.4) is 0 Å². The zero-order valence-corrected chi connectivity index (χ0v) is 7.66. The van der Waals surface area contributed by atoms with E-state index in [1.54, 1.807) is 0 Å². The van der Waals surface area contributed by atoms with Crippen molar-refractivity contribution in [2.45, 2.75) is 45.0 Å². The van der Waals surface area contributed by atoms with Gasteiger partial charge in [-0.05, 0) is 12.8 Å². The SMILES string of the molecule is CCCCO[C@@H]1CC[C@H](O)OC1. The quantitative estimate of drug-likeness (QED) is 0.653. The third-order valence-electron chi connectivity index (χ3n) is 2.06. The van der Waals surface area contributed by atoms with Gasteiger partial charge in [-0.15, -0.1) is 0 Å². The fraction of sp³-hybridized carbons (Fsp3) is 1.00. The summed E-state index contributed by atoms with van der Waals surface area (Å²) in [6.07, 6.45) is 3.55. The van der Waals surface area contributed by atoms with E-state index in [0.29, 0.717) is 13.0 Å². The molecule has 12 heavy (non-hydrogen) atoms. The largest absolute Gasteiger partial charge is 0.376 e. The van der Waals surface area contributed by atoms with Crippen LogP contribution in [0.1, 0.15) is 32.6 Å². The van der Waals surface area contributed by atoms with Crippen molar-refractivity contribution >= 4 is 0 Å². The summed E-state index contributed by atoms with van der Waals surface area (Å²) < 4.78 is 10.6. The molecule has 3 heteroatoms. The third-order valence-corrected chi connectivity index (χ3v) is 2.06. The number of hydrogen-bond donors (Lipinski definition) is 1. The Bertz CT molecular complexity index is 108. The van der Waals surface area contributed by atoms with Gasteiger partial charge in [0.2, 0.25) is 0 Å². The lowest BCUT2D eigenvalue weighted by Crippen LogP contribution is -2.31. The minimum atomic E-state index is -0.559. The van der Waals surface area contributed by atoms with Crippen molar-refractivity contribution in [1.82, 2.24) is 0 Å². The minimum absolute atomic E-state index is 0.208. The Morgan fingerprint density at radius 3 is 2.92 bits per heavy atom. The Kier molecular flexibility index (Phi) is 4.58. The van der Waals surface area contributed by atoms with E-state index in [0.717, 1.165) is 25.9 Å². The zero-order chi connectivity index (χ0) is 8.81. The molecule has 1 N–H and O–H groups in total. The lowest BCUT2D eigenvalue weighted by Gasteiger charge is -2.25. The number of aliphatic hydroxyl groups excluding tert-OH is 1. The summed E-state index contributed by atoms with van der Waals surface area (Å²) in [6.45, 7) is 3.51. The molecule has 3 nitrogen and oxygen atoms in total. The summed E-state index contributed by atoms with van der Waals surface area (Å²) in [5, 5.41) is 9.02. The van der Waals surface area contributed by atoms with Crippen LogP contribution < -0.4 is 0 Å². The van der Waals surface area contributed by atoms with Crippen molar-refractivity contribution < 1.29 is 14.6 Å². The number of ether oxygens (including phenoxy) is 2. The molecular weight excluding hydrogens is 156 g/mol. The van der Waals surface area contributed by atoms with Crippen LogP contribution in [-0.2, 0) is 9.47 Å². The van der Waals surface area contributed by atoms with E-state index in [1.807, 2.05) is 0 Å². The molecule has 0 aliphatic carbocycles. The smallest absolute Gasteiger partial charge is 0.154 e. The van der Waals surface area contributed by atoms with Gasteiger partial charge in [0.15, 0.2) is 6.29 Å². The molecule has 1 aliphatic heterocycles. The van der Waals surface area contributed by atoms with E-state index in [2.05, 4.69) is 6.92 Å². The highest BCUT2D eigenvalue weighted by molar-refractivity contribution is 4.64. The Balaban J connectivity index is 2.01. The van der Waals surface area contributed by atoms with Crippen molar-refractivity contribution in [3.8, 4) is 0 Å². The molecule has 0 aromatic carbocycles. The molecule has 0 unspecified atom stereocenters. The first-order valence-electron chi connectivity index (χ1n) is 4.74. The molecule has 1 heterocycles. The van der Waals surface area contributed by atoms with Gasteiger partial charge in [-0.1, -0.05) is 13.3 Å². The molecule has 0 radical (unpaired) electrons. The second-order valence-electron chi connectivity index (χ2n) is 3.21. The van der Waals surface area contributed by atoms with Crippen LogP contribution in [0.15, 0.2) is 0 Å². The lowest BCUT2D eigenvalue weighted by atomic mass is 10.1. The van der Waals surface area contributed by atoms with E-state index in [9.17, 15) is 0 Å². The average molecular weight is 174 g/mol. The predicted molar refractivity (Wildman–Crippen MR) is 45.8 cm³/mol. The Morgan fingerprint density at radius 1 is 1.50 bits per heavy atom. The third kappa shape index (κ3) is 3.52. The molecule has 0 aromatic rings. The van der Waals surface area contributed by atoms with Crippen LogP contribution in [0.2, 0.25) is 0 Å². The predicted octanol–water partition coefficient (Wildman–Crippen LogP) is 1.30. The summed E-state index contributed by atoms with van der Waals surface area (Å²) in [7, 11) is 0. The highest BCUT2D eigenvalue weighted by Crippen LogP contribution is 2.14. The van der Waals surface area contributed by atoms with Gasteiger partial charge in [0, 0.05) is 13.0 Å². The fourth-order valence-corrected chi connectivity index (χ4v) is 1.24. The van der Waals surface area contributed by atoms with Crippen LogP contribution in [0.5, 0.6) is 0 Å². The van der Waals surface area contributed by atoms with Gasteiger partial charge in [-0.25, -0.2) is 0 Å². The Hall–Kier alpha value is -0.120. The highest BCUT2D eigenvalue weighted by Gasteiger charge is 2.19. The van der Waals surface area contributed by atoms with Crippen LogP contribution in [0.25, 0.3) is 0 Å². The number of aliphatic hydroxyl groups is 1. The summed E-state index contributed by atoms with van der Waals surface area (Å²) in [4.78, 5) is 0. The number of rotatable bonds is 4. The monoisotopic (exact) mass is 174 g/mol. The van der Waals surface area contributed by atoms with Crippen LogP contribution in [-0.4, -0.2) is 30.7 Å². The van der Waals surface area contributed by atoms with Gasteiger partial charge in [-0.2, -0.15) is 0 Å². The molecule has 1 fully saturated rings. The average Bonchev–Trinajstić information content (AvgIpc) is 2.09. The maximum Gasteiger partial charge on any atom is 0.154 e. The lowest BCUT2D eigenvalue weighted by molar-refractivity contribution is -0.167. The van der Waals surface area contributed by atoms with Crippen LogP contribution >= 0.6 is 0 Å². The minimum Gasteiger partial charge on any atom is -0.376 e. The van der Waals surface area contributed by atoms with Gasteiger partial charge in [0.1, 0.15) is 0 Å². The topological polar surface area (TPSA) is 38.7 Å². The van der Waals surface area contributed by atoms with Crippen LogP contribution in [0.4, 0.5) is 0 Å². The normalized spacial score (nSPS) is 30.5. The first kappa shape index (κ1) is 9.96. The molecule has 1 aliphatic rings. The standard InChI is InChI=1S/C9H18O3/c1-2-3-6-11-8-4-5-9(10)12-7-8/h8-10H,2-7H2,1H3/t8-,9-/m1/s1. The van der Waals surface area contributed by atoms with Crippen molar-refractivity contribution in [2.24, 2.45) is 0 Å². The summed E-state index contributed by atoms with van der Waals surface area (Å²) in [5.41, 5.74) is 0. The second kappa shape index (κ2) is 5.51. The van der Waals surface area contributed by atoms with Crippen molar-refractivity contribution in [1.29, 1.82) is 0 Å². The second-order valence-corrected chi connectivity index (χ2v) is 3.21. The highest BCUT2D eigenvalue weighted by atomic mass is 16.6. The zero-order valence-electron chi connectivity index (χ0n) is 7.66. The molecule has 0 bridgehead atoms. The van der Waals surface area contributed by atoms with Crippen LogP contribution in [0, 0.1) is 0 Å². The summed E-state index contributed by atoms with van der Waals surface area (Å²) >= 11 is 0. The molecule has 0 amide bonds. The molecule has 72 valence electrons. The van der Waals surface area contributed by atoms with Gasteiger partial charge in [-0.3, -0.25) is 0 Å². The number of hydrogen-bond acceptors (Lipinski definition) is 3. The molecule has 0 spiro atoms. The molecule has 1 saturated heterocycles. The molecule has 2 atom stereocenters. The van der Waals surface area contributed by atoms with E-state index >= 15 is 0 Å². The van der Waals surface area contributed by atoms with Gasteiger partial charge in [0.25, 0.3) is 0 Å². The van der Waals surface area contributed by atoms with E-state index in [-0.39, 0.29) is 6.10 Å². The Labute approximate surface area is 73.7 Å². The fourth-order valence-electron chi connectivity index (χ4n) is 1.24. The Morgan fingerprint density at radius 2 is 2.33 bits per heavy atom. The molecular formula is C9H18O3. The van der Waals surface area contributed by atoms with E-state index < -0.39 is 6.29 Å². The summed E-state index contributed by atoms with van der Waals surface area (Å²) in [5.74, 6) is 0. The van der Waals surface area contributed by atoms with Gasteiger partial charge in [0.05, 0.1) is 12.7 Å². The van der Waals surface area contributed by atoms with Gasteiger partial charge >= 0.3 is 0 Å². The van der Waals surface area contributed by atoms with E-state index in [4.69, 9.17) is 14.6 Å². The van der Waals surface area contributed by atoms with Crippen molar-refractivity contribution in [3.05, 3.63) is 0 Å². The molecule has 0 saturated carbocycles. The molecule has 1 rings (SSSR count). The first-order valence-corrected chi connectivity index (χ1v) is 4.74. The maximum absolute atomic E-state index is 9.02. The van der Waals surface area contributed by atoms with E-state index in [1.165, 1.54) is 0 Å². The first-order chi connectivity index (χ1) is 5.83. The summed E-state index contributed by atoms with van der Waals surface area (Å²) in [6, 6.07) is 0.